The topological polar surface area (TPSA) is 57.8 Å². The van der Waals surface area contributed by atoms with Crippen LogP contribution in [0.25, 0.3) is 10.2 Å². The smallest absolute Gasteiger partial charge is 0.268 e. The van der Waals surface area contributed by atoms with Crippen molar-refractivity contribution in [1.29, 1.82) is 0 Å². The van der Waals surface area contributed by atoms with Gasteiger partial charge in [0.25, 0.3) is 5.56 Å². The van der Waals surface area contributed by atoms with Gasteiger partial charge in [-0.25, -0.2) is 4.98 Å². The Morgan fingerprint density at radius 3 is 3.22 bits per heavy atom. The molecule has 0 aliphatic heterocycles. The zero-order valence-electron chi connectivity index (χ0n) is 10.4. The lowest BCUT2D eigenvalue weighted by molar-refractivity contribution is 0.625. The Balaban J connectivity index is 1.86. The monoisotopic (exact) mass is 283 g/mol. The van der Waals surface area contributed by atoms with E-state index in [-0.39, 0.29) is 5.56 Å². The van der Waals surface area contributed by atoms with Crippen molar-refractivity contribution in [2.45, 2.75) is 19.4 Å². The van der Waals surface area contributed by atoms with Gasteiger partial charge in [-0.05, 0) is 42.8 Å². The van der Waals surface area contributed by atoms with Crippen LogP contribution in [0.3, 0.4) is 0 Å². The summed E-state index contributed by atoms with van der Waals surface area (Å²) < 4.78 is 0.707. The van der Waals surface area contributed by atoms with E-state index >= 15 is 0 Å². The molecule has 0 aliphatic rings. The number of hydrogen-bond acceptors (Lipinski definition) is 5. The number of thioether (sulfide) groups is 1. The maximum Gasteiger partial charge on any atom is 0.268 e. The van der Waals surface area contributed by atoms with Gasteiger partial charge in [0.05, 0.1) is 12.1 Å². The van der Waals surface area contributed by atoms with Crippen LogP contribution in [0.15, 0.2) is 16.2 Å². The van der Waals surface area contributed by atoms with Crippen LogP contribution >= 0.6 is 23.1 Å². The van der Waals surface area contributed by atoms with E-state index in [4.69, 9.17) is 0 Å². The van der Waals surface area contributed by atoms with Crippen LogP contribution < -0.4 is 10.9 Å². The predicted octanol–water partition coefficient (Wildman–Crippen LogP) is 2.22. The van der Waals surface area contributed by atoms with E-state index in [1.165, 1.54) is 23.5 Å². The van der Waals surface area contributed by atoms with E-state index in [2.05, 4.69) is 21.5 Å². The molecule has 2 rings (SSSR count). The first kappa shape index (κ1) is 13.6. The van der Waals surface area contributed by atoms with Crippen LogP contribution in [0.4, 0.5) is 0 Å². The Kier molecular flexibility index (Phi) is 5.22. The molecular formula is C12H17N3OS2. The molecule has 0 unspecified atom stereocenters. The second kappa shape index (κ2) is 6.92. The number of rotatable bonds is 7. The number of nitrogens with zero attached hydrogens (tertiary/aromatic N) is 1. The lowest BCUT2D eigenvalue weighted by Gasteiger charge is -2.04. The third kappa shape index (κ3) is 3.57. The highest BCUT2D eigenvalue weighted by Gasteiger charge is 2.04. The molecule has 2 N–H and O–H groups in total. The maximum absolute atomic E-state index is 11.7. The molecule has 0 radical (unpaired) electrons. The van der Waals surface area contributed by atoms with E-state index in [1.54, 1.807) is 0 Å². The van der Waals surface area contributed by atoms with Crippen LogP contribution in [0.2, 0.25) is 0 Å². The zero-order valence-corrected chi connectivity index (χ0v) is 12.0. The first-order chi connectivity index (χ1) is 8.81. The summed E-state index contributed by atoms with van der Waals surface area (Å²) >= 11 is 3.31. The molecule has 0 saturated carbocycles. The zero-order chi connectivity index (χ0) is 12.8. The molecule has 2 aromatic heterocycles. The lowest BCUT2D eigenvalue weighted by atomic mass is 10.3. The van der Waals surface area contributed by atoms with Crippen LogP contribution in [0.1, 0.15) is 18.7 Å². The molecule has 2 aromatic rings. The highest BCUT2D eigenvalue weighted by Crippen LogP contribution is 2.13. The summed E-state index contributed by atoms with van der Waals surface area (Å²) in [5, 5.41) is 5.20. The molecule has 0 fully saturated rings. The maximum atomic E-state index is 11.7. The van der Waals surface area contributed by atoms with Crippen molar-refractivity contribution in [3.05, 3.63) is 27.6 Å². The molecule has 6 heteroatoms. The van der Waals surface area contributed by atoms with Gasteiger partial charge in [-0.1, -0.05) is 0 Å². The SMILES string of the molecule is CSCCCCNCc1nc2ccsc2c(=O)[nH]1. The molecule has 0 spiro atoms. The first-order valence-corrected chi connectivity index (χ1v) is 8.24. The van der Waals surface area contributed by atoms with Gasteiger partial charge in [-0.15, -0.1) is 11.3 Å². The van der Waals surface area contributed by atoms with Crippen molar-refractivity contribution in [1.82, 2.24) is 15.3 Å². The van der Waals surface area contributed by atoms with Gasteiger partial charge in [0.2, 0.25) is 0 Å². The Labute approximate surface area is 114 Å². The van der Waals surface area contributed by atoms with Gasteiger partial charge in [0, 0.05) is 0 Å². The largest absolute Gasteiger partial charge is 0.310 e. The van der Waals surface area contributed by atoms with Gasteiger partial charge >= 0.3 is 0 Å². The number of hydrogen-bond donors (Lipinski definition) is 2. The van der Waals surface area contributed by atoms with Crippen molar-refractivity contribution in [2.24, 2.45) is 0 Å². The molecular weight excluding hydrogens is 266 g/mol. The van der Waals surface area contributed by atoms with E-state index in [0.717, 1.165) is 24.3 Å². The second-order valence-corrected chi connectivity index (χ2v) is 5.93. The summed E-state index contributed by atoms with van der Waals surface area (Å²) in [7, 11) is 0. The Morgan fingerprint density at radius 2 is 2.39 bits per heavy atom. The van der Waals surface area contributed by atoms with Gasteiger partial charge in [-0.2, -0.15) is 11.8 Å². The molecule has 98 valence electrons. The number of aromatic amines is 1. The molecule has 0 saturated heterocycles. The third-order valence-electron chi connectivity index (χ3n) is 2.61. The molecule has 4 nitrogen and oxygen atoms in total. The van der Waals surface area contributed by atoms with E-state index in [0.29, 0.717) is 11.2 Å². The number of unbranched alkanes of at least 4 members (excludes halogenated alkanes) is 1. The molecule has 0 atom stereocenters. The number of fused-ring (bicyclic) bond motifs is 1. The average molecular weight is 283 g/mol. The molecule has 0 aromatic carbocycles. The minimum absolute atomic E-state index is 0.0332. The minimum atomic E-state index is -0.0332. The van der Waals surface area contributed by atoms with E-state index < -0.39 is 0 Å². The fraction of sp³-hybridized carbons (Fsp3) is 0.500. The van der Waals surface area contributed by atoms with E-state index in [9.17, 15) is 4.79 Å². The number of aromatic nitrogens is 2. The fourth-order valence-electron chi connectivity index (χ4n) is 1.71. The third-order valence-corrected chi connectivity index (χ3v) is 4.21. The Bertz CT molecular complexity index is 549. The first-order valence-electron chi connectivity index (χ1n) is 5.97. The quantitative estimate of drug-likeness (QED) is 0.765. The minimum Gasteiger partial charge on any atom is -0.310 e. The summed E-state index contributed by atoms with van der Waals surface area (Å²) in [6.07, 6.45) is 4.51. The van der Waals surface area contributed by atoms with Gasteiger partial charge in [-0.3, -0.25) is 4.79 Å². The summed E-state index contributed by atoms with van der Waals surface area (Å²) in [6, 6.07) is 1.89. The molecule has 0 aliphatic carbocycles. The van der Waals surface area contributed by atoms with Gasteiger partial charge in [0.1, 0.15) is 10.5 Å². The highest BCUT2D eigenvalue weighted by atomic mass is 32.2. The normalized spacial score (nSPS) is 11.2. The Hall–Kier alpha value is -0.850. The van der Waals surface area contributed by atoms with Crippen LogP contribution in [0.5, 0.6) is 0 Å². The van der Waals surface area contributed by atoms with Crippen LogP contribution in [-0.4, -0.2) is 28.5 Å². The summed E-state index contributed by atoms with van der Waals surface area (Å²) in [4.78, 5) is 19.0. The van der Waals surface area contributed by atoms with Crippen molar-refractivity contribution in [3.63, 3.8) is 0 Å². The second-order valence-electron chi connectivity index (χ2n) is 4.02. The summed E-state index contributed by atoms with van der Waals surface area (Å²) in [6.45, 7) is 1.59. The van der Waals surface area contributed by atoms with Crippen molar-refractivity contribution in [2.75, 3.05) is 18.6 Å². The number of nitrogens with one attached hydrogen (secondary N) is 2. The lowest BCUT2D eigenvalue weighted by Crippen LogP contribution is -2.20. The molecule has 18 heavy (non-hydrogen) atoms. The van der Waals surface area contributed by atoms with Crippen LogP contribution in [0, 0.1) is 0 Å². The Morgan fingerprint density at radius 1 is 1.50 bits per heavy atom. The highest BCUT2D eigenvalue weighted by molar-refractivity contribution is 7.98. The van der Waals surface area contributed by atoms with Crippen LogP contribution in [-0.2, 0) is 6.54 Å². The average Bonchev–Trinajstić information content (AvgIpc) is 2.82. The number of thiophene rings is 1. The molecule has 2 heterocycles. The van der Waals surface area contributed by atoms with Gasteiger partial charge < -0.3 is 10.3 Å². The predicted molar refractivity (Wildman–Crippen MR) is 79.6 cm³/mol. The van der Waals surface area contributed by atoms with Crippen molar-refractivity contribution < 1.29 is 0 Å². The van der Waals surface area contributed by atoms with E-state index in [1.807, 2.05) is 23.2 Å². The standard InChI is InChI=1S/C12H17N3OS2/c1-17-6-3-2-5-13-8-10-14-9-4-7-18-11(9)12(16)15-10/h4,7,13H,2-3,5-6,8H2,1H3,(H,14,15,16). The molecule has 0 bridgehead atoms. The summed E-state index contributed by atoms with van der Waals surface area (Å²) in [5.41, 5.74) is 0.761. The fourth-order valence-corrected chi connectivity index (χ4v) is 2.93. The number of H-pyrrole nitrogens is 1. The summed E-state index contributed by atoms with van der Waals surface area (Å²) in [5.74, 6) is 1.92. The van der Waals surface area contributed by atoms with Crippen molar-refractivity contribution in [3.8, 4) is 0 Å². The molecule has 0 amide bonds. The van der Waals surface area contributed by atoms with Crippen molar-refractivity contribution >= 4 is 33.3 Å². The van der Waals surface area contributed by atoms with Gasteiger partial charge in [0.15, 0.2) is 0 Å².